The topological polar surface area (TPSA) is 43.6 Å². The van der Waals surface area contributed by atoms with E-state index in [9.17, 15) is 0 Å². The molecule has 4 rings (SSSR count). The molecule has 146 valence electrons. The third-order valence-corrected chi connectivity index (χ3v) is 5.88. The maximum Gasteiger partial charge on any atom is 0.196 e. The highest BCUT2D eigenvalue weighted by atomic mass is 35.5. The Hall–Kier alpha value is -2.63. The average Bonchev–Trinajstić information content (AvgIpc) is 3.10. The number of rotatable bonds is 6. The number of pyridine rings is 1. The van der Waals surface area contributed by atoms with E-state index in [0.717, 1.165) is 34.4 Å². The van der Waals surface area contributed by atoms with Gasteiger partial charge in [0.1, 0.15) is 11.0 Å². The molecule has 2 aromatic carbocycles. The molecule has 4 aromatic rings. The van der Waals surface area contributed by atoms with E-state index < -0.39 is 0 Å². The van der Waals surface area contributed by atoms with E-state index in [1.807, 2.05) is 18.2 Å². The Labute approximate surface area is 180 Å². The van der Waals surface area contributed by atoms with Crippen molar-refractivity contribution in [2.24, 2.45) is 0 Å². The zero-order valence-electron chi connectivity index (χ0n) is 16.3. The van der Waals surface area contributed by atoms with E-state index in [1.165, 1.54) is 16.7 Å². The smallest absolute Gasteiger partial charge is 0.196 e. The third kappa shape index (κ3) is 4.69. The number of nitrogens with zero attached hydrogens (tertiary/aromatic N) is 4. The molecule has 0 saturated heterocycles. The van der Waals surface area contributed by atoms with Crippen molar-refractivity contribution in [3.05, 3.63) is 100 Å². The molecule has 4 nitrogen and oxygen atoms in total. The van der Waals surface area contributed by atoms with Crippen LogP contribution in [-0.4, -0.2) is 19.7 Å². The number of aromatic nitrogens is 4. The van der Waals surface area contributed by atoms with Crippen molar-refractivity contribution in [3.63, 3.8) is 0 Å². The summed E-state index contributed by atoms with van der Waals surface area (Å²) in [6.45, 7) is 4.24. The maximum absolute atomic E-state index is 5.90. The van der Waals surface area contributed by atoms with E-state index in [2.05, 4.69) is 76.1 Å². The standard InChI is InChI=1S/C23H21ClN4S/c1-16-8-10-20(17(2)12-16)28-22(13-18-6-4-3-5-7-18)26-27-23(28)29-15-19-9-11-21(24)25-14-19/h3-12,14H,13,15H2,1-2H3. The van der Waals surface area contributed by atoms with Crippen LogP contribution >= 0.6 is 23.4 Å². The highest BCUT2D eigenvalue weighted by molar-refractivity contribution is 7.98. The van der Waals surface area contributed by atoms with Crippen LogP contribution in [0.3, 0.4) is 0 Å². The van der Waals surface area contributed by atoms with E-state index in [-0.39, 0.29) is 0 Å². The number of hydrogen-bond donors (Lipinski definition) is 0. The Bertz CT molecular complexity index is 1110. The van der Waals surface area contributed by atoms with Crippen LogP contribution in [0.4, 0.5) is 0 Å². The molecule has 0 unspecified atom stereocenters. The van der Waals surface area contributed by atoms with E-state index in [1.54, 1.807) is 18.0 Å². The van der Waals surface area contributed by atoms with Gasteiger partial charge in [0.2, 0.25) is 0 Å². The van der Waals surface area contributed by atoms with Gasteiger partial charge in [-0.25, -0.2) is 4.98 Å². The summed E-state index contributed by atoms with van der Waals surface area (Å²) in [5.41, 5.74) is 5.87. The lowest BCUT2D eigenvalue weighted by atomic mass is 10.1. The summed E-state index contributed by atoms with van der Waals surface area (Å²) in [7, 11) is 0. The number of halogens is 1. The van der Waals surface area contributed by atoms with Gasteiger partial charge in [0.05, 0.1) is 5.69 Å². The molecule has 0 bridgehead atoms. The lowest BCUT2D eigenvalue weighted by Gasteiger charge is -2.13. The molecule has 6 heteroatoms. The first-order valence-corrected chi connectivity index (χ1v) is 10.8. The fourth-order valence-electron chi connectivity index (χ4n) is 3.22. The molecule has 0 atom stereocenters. The molecule has 2 aromatic heterocycles. The molecule has 0 spiro atoms. The summed E-state index contributed by atoms with van der Waals surface area (Å²) in [6, 6.07) is 20.6. The largest absolute Gasteiger partial charge is 0.273 e. The van der Waals surface area contributed by atoms with Crippen molar-refractivity contribution in [1.82, 2.24) is 19.7 Å². The summed E-state index contributed by atoms with van der Waals surface area (Å²) < 4.78 is 2.18. The van der Waals surface area contributed by atoms with Gasteiger partial charge in [-0.3, -0.25) is 4.57 Å². The normalized spacial score (nSPS) is 11.0. The molecule has 29 heavy (non-hydrogen) atoms. The van der Waals surface area contributed by atoms with Crippen LogP contribution in [0, 0.1) is 13.8 Å². The minimum Gasteiger partial charge on any atom is -0.273 e. The van der Waals surface area contributed by atoms with Gasteiger partial charge < -0.3 is 0 Å². The second-order valence-corrected chi connectivity index (χ2v) is 8.29. The minimum atomic E-state index is 0.502. The first-order chi connectivity index (χ1) is 14.1. The second kappa shape index (κ2) is 8.80. The quantitative estimate of drug-likeness (QED) is 0.291. The molecule has 0 radical (unpaired) electrons. The lowest BCUT2D eigenvalue weighted by Crippen LogP contribution is -2.06. The fraction of sp³-hybridized carbons (Fsp3) is 0.174. The molecule has 2 heterocycles. The Kier molecular flexibility index (Phi) is 5.97. The van der Waals surface area contributed by atoms with E-state index >= 15 is 0 Å². The molecule has 0 fully saturated rings. The Morgan fingerprint density at radius 2 is 1.76 bits per heavy atom. The maximum atomic E-state index is 5.90. The minimum absolute atomic E-state index is 0.502. The van der Waals surface area contributed by atoms with Crippen LogP contribution < -0.4 is 0 Å². The Morgan fingerprint density at radius 1 is 0.931 bits per heavy atom. The van der Waals surface area contributed by atoms with Gasteiger partial charge in [0, 0.05) is 18.4 Å². The lowest BCUT2D eigenvalue weighted by molar-refractivity contribution is 0.841. The molecule has 0 aliphatic rings. The van der Waals surface area contributed by atoms with Gasteiger partial charge in [-0.1, -0.05) is 77.5 Å². The number of benzene rings is 2. The Balaban J connectivity index is 1.69. The third-order valence-electron chi connectivity index (χ3n) is 4.66. The van der Waals surface area contributed by atoms with E-state index in [0.29, 0.717) is 5.15 Å². The van der Waals surface area contributed by atoms with Crippen LogP contribution in [-0.2, 0) is 12.2 Å². The summed E-state index contributed by atoms with van der Waals surface area (Å²) in [6.07, 6.45) is 2.53. The predicted molar refractivity (Wildman–Crippen MR) is 119 cm³/mol. The van der Waals surface area contributed by atoms with Crippen molar-refractivity contribution in [2.75, 3.05) is 0 Å². The summed E-state index contributed by atoms with van der Waals surface area (Å²) in [5, 5.41) is 10.4. The van der Waals surface area contributed by atoms with Crippen molar-refractivity contribution in [3.8, 4) is 5.69 Å². The molecular weight excluding hydrogens is 400 g/mol. The van der Waals surface area contributed by atoms with Gasteiger partial charge in [-0.15, -0.1) is 10.2 Å². The number of aryl methyl sites for hydroxylation is 2. The fourth-order valence-corrected chi connectivity index (χ4v) is 4.23. The number of thioether (sulfide) groups is 1. The summed E-state index contributed by atoms with van der Waals surface area (Å²) in [4.78, 5) is 4.17. The molecule has 0 N–H and O–H groups in total. The predicted octanol–water partition coefficient (Wildman–Crippen LogP) is 5.82. The molecular formula is C23H21ClN4S. The Morgan fingerprint density at radius 3 is 2.48 bits per heavy atom. The monoisotopic (exact) mass is 420 g/mol. The van der Waals surface area contributed by atoms with Gasteiger partial charge in [0.15, 0.2) is 5.16 Å². The van der Waals surface area contributed by atoms with Crippen molar-refractivity contribution in [2.45, 2.75) is 31.2 Å². The summed E-state index contributed by atoms with van der Waals surface area (Å²) in [5.74, 6) is 1.68. The SMILES string of the molecule is Cc1ccc(-n2c(Cc3ccccc3)nnc2SCc2ccc(Cl)nc2)c(C)c1. The van der Waals surface area contributed by atoms with Crippen LogP contribution in [0.1, 0.15) is 28.1 Å². The summed E-state index contributed by atoms with van der Waals surface area (Å²) >= 11 is 7.55. The van der Waals surface area contributed by atoms with Crippen LogP contribution in [0.2, 0.25) is 5.15 Å². The first-order valence-electron chi connectivity index (χ1n) is 9.39. The zero-order valence-corrected chi connectivity index (χ0v) is 17.9. The highest BCUT2D eigenvalue weighted by Crippen LogP contribution is 2.28. The van der Waals surface area contributed by atoms with Crippen molar-refractivity contribution < 1.29 is 0 Å². The molecule has 0 saturated carbocycles. The first kappa shape index (κ1) is 19.7. The van der Waals surface area contributed by atoms with Crippen LogP contribution in [0.15, 0.2) is 72.0 Å². The van der Waals surface area contributed by atoms with Gasteiger partial charge in [-0.2, -0.15) is 0 Å². The van der Waals surface area contributed by atoms with Gasteiger partial charge >= 0.3 is 0 Å². The van der Waals surface area contributed by atoms with Crippen molar-refractivity contribution >= 4 is 23.4 Å². The highest BCUT2D eigenvalue weighted by Gasteiger charge is 2.17. The van der Waals surface area contributed by atoms with E-state index in [4.69, 9.17) is 11.6 Å². The number of hydrogen-bond acceptors (Lipinski definition) is 4. The van der Waals surface area contributed by atoms with Crippen LogP contribution in [0.5, 0.6) is 0 Å². The molecule has 0 aliphatic carbocycles. The van der Waals surface area contributed by atoms with Crippen LogP contribution in [0.25, 0.3) is 5.69 Å². The molecule has 0 aliphatic heterocycles. The average molecular weight is 421 g/mol. The zero-order chi connectivity index (χ0) is 20.2. The van der Waals surface area contributed by atoms with Gasteiger partial charge in [0.25, 0.3) is 0 Å². The van der Waals surface area contributed by atoms with Gasteiger partial charge in [-0.05, 0) is 42.7 Å². The second-order valence-electron chi connectivity index (χ2n) is 6.96. The van der Waals surface area contributed by atoms with Crippen molar-refractivity contribution in [1.29, 1.82) is 0 Å². The molecule has 0 amide bonds.